The third-order valence-electron chi connectivity index (χ3n) is 4.41. The predicted molar refractivity (Wildman–Crippen MR) is 84.3 cm³/mol. The van der Waals surface area contributed by atoms with Crippen LogP contribution >= 0.6 is 0 Å². The Kier molecular flexibility index (Phi) is 4.68. The van der Waals surface area contributed by atoms with Crippen LogP contribution < -0.4 is 5.32 Å². The van der Waals surface area contributed by atoms with Crippen LogP contribution in [0.25, 0.3) is 5.65 Å². The maximum Gasteiger partial charge on any atom is 0.237 e. The predicted octanol–water partition coefficient (Wildman–Crippen LogP) is 1.61. The van der Waals surface area contributed by atoms with Crippen molar-refractivity contribution < 1.29 is 4.79 Å². The van der Waals surface area contributed by atoms with Gasteiger partial charge in [0.05, 0.1) is 30.7 Å². The van der Waals surface area contributed by atoms with Gasteiger partial charge in [-0.2, -0.15) is 0 Å². The van der Waals surface area contributed by atoms with E-state index in [1.54, 1.807) is 18.6 Å². The molecule has 1 aliphatic heterocycles. The third kappa shape index (κ3) is 3.27. The molecule has 0 aromatic carbocycles. The number of carbonyl (C=O) groups excluding carboxylic acids is 1. The van der Waals surface area contributed by atoms with Crippen LogP contribution in [0.15, 0.2) is 24.8 Å². The van der Waals surface area contributed by atoms with Crippen LogP contribution in [-0.2, 0) is 11.3 Å². The molecule has 6 heteroatoms. The molecule has 1 fully saturated rings. The first-order chi connectivity index (χ1) is 10.8. The molecule has 1 atom stereocenters. The van der Waals surface area contributed by atoms with Gasteiger partial charge in [-0.15, -0.1) is 0 Å². The second-order valence-electron chi connectivity index (χ2n) is 5.90. The van der Waals surface area contributed by atoms with E-state index in [9.17, 15) is 4.79 Å². The zero-order chi connectivity index (χ0) is 15.4. The topological polar surface area (TPSA) is 62.5 Å². The summed E-state index contributed by atoms with van der Waals surface area (Å²) < 4.78 is 1.95. The summed E-state index contributed by atoms with van der Waals surface area (Å²) in [5.74, 6) is 0.0888. The summed E-state index contributed by atoms with van der Waals surface area (Å²) in [6, 6.07) is -0.0704. The van der Waals surface area contributed by atoms with Gasteiger partial charge in [-0.1, -0.05) is 12.8 Å². The van der Waals surface area contributed by atoms with E-state index in [0.717, 1.165) is 24.4 Å². The van der Waals surface area contributed by atoms with Gasteiger partial charge in [0.25, 0.3) is 0 Å². The van der Waals surface area contributed by atoms with Gasteiger partial charge in [0.2, 0.25) is 5.91 Å². The number of nitrogens with one attached hydrogen (secondary N) is 1. The van der Waals surface area contributed by atoms with Crippen molar-refractivity contribution in [3.05, 3.63) is 30.5 Å². The fourth-order valence-corrected chi connectivity index (χ4v) is 3.00. The Hall–Kier alpha value is -1.95. The fourth-order valence-electron chi connectivity index (χ4n) is 3.00. The van der Waals surface area contributed by atoms with E-state index in [4.69, 9.17) is 0 Å². The molecular formula is C16H23N5O. The molecule has 1 N–H and O–H groups in total. The number of hydrogen-bond acceptors (Lipinski definition) is 4. The highest BCUT2D eigenvalue weighted by Crippen LogP contribution is 2.12. The molecule has 2 aromatic rings. The zero-order valence-corrected chi connectivity index (χ0v) is 13.0. The van der Waals surface area contributed by atoms with E-state index in [1.807, 2.05) is 17.5 Å². The summed E-state index contributed by atoms with van der Waals surface area (Å²) in [4.78, 5) is 23.0. The van der Waals surface area contributed by atoms with Crippen molar-refractivity contribution in [2.24, 2.45) is 0 Å². The number of likely N-dealkylation sites (tertiary alicyclic amines) is 1. The lowest BCUT2D eigenvalue weighted by molar-refractivity contribution is -0.126. The standard InChI is InChI=1S/C16H23N5O/c1-13(20-7-4-2-3-5-8-20)16(22)19-11-14-10-18-15-12-17-6-9-21(14)15/h6,9-10,12-13H,2-5,7-8,11H2,1H3,(H,19,22). The van der Waals surface area contributed by atoms with Crippen LogP contribution in [-0.4, -0.2) is 44.3 Å². The largest absolute Gasteiger partial charge is 0.349 e. The van der Waals surface area contributed by atoms with Gasteiger partial charge in [-0.3, -0.25) is 19.1 Å². The average molecular weight is 301 g/mol. The second-order valence-corrected chi connectivity index (χ2v) is 5.90. The van der Waals surface area contributed by atoms with Gasteiger partial charge >= 0.3 is 0 Å². The van der Waals surface area contributed by atoms with Gasteiger partial charge < -0.3 is 5.32 Å². The minimum absolute atomic E-state index is 0.0704. The second kappa shape index (κ2) is 6.87. The van der Waals surface area contributed by atoms with Crippen LogP contribution in [0.4, 0.5) is 0 Å². The molecule has 0 spiro atoms. The van der Waals surface area contributed by atoms with Crippen LogP contribution in [0.1, 0.15) is 38.3 Å². The van der Waals surface area contributed by atoms with Gasteiger partial charge in [0.1, 0.15) is 0 Å². The first-order valence-electron chi connectivity index (χ1n) is 8.03. The van der Waals surface area contributed by atoms with Gasteiger partial charge in [0, 0.05) is 12.4 Å². The van der Waals surface area contributed by atoms with Crippen molar-refractivity contribution in [3.8, 4) is 0 Å². The molecule has 1 amide bonds. The fraction of sp³-hybridized carbons (Fsp3) is 0.562. The smallest absolute Gasteiger partial charge is 0.237 e. The molecule has 118 valence electrons. The van der Waals surface area contributed by atoms with Crippen molar-refractivity contribution >= 4 is 11.6 Å². The van der Waals surface area contributed by atoms with Crippen molar-refractivity contribution in [3.63, 3.8) is 0 Å². The van der Waals surface area contributed by atoms with Crippen LogP contribution in [0, 0.1) is 0 Å². The highest BCUT2D eigenvalue weighted by Gasteiger charge is 2.21. The van der Waals surface area contributed by atoms with E-state index in [1.165, 1.54) is 25.7 Å². The van der Waals surface area contributed by atoms with E-state index in [0.29, 0.717) is 6.54 Å². The molecule has 1 saturated heterocycles. The molecule has 22 heavy (non-hydrogen) atoms. The highest BCUT2D eigenvalue weighted by molar-refractivity contribution is 5.81. The summed E-state index contributed by atoms with van der Waals surface area (Å²) in [5.41, 5.74) is 1.76. The minimum Gasteiger partial charge on any atom is -0.349 e. The maximum absolute atomic E-state index is 12.4. The monoisotopic (exact) mass is 301 g/mol. The van der Waals surface area contributed by atoms with Crippen molar-refractivity contribution in [2.45, 2.75) is 45.2 Å². The lowest BCUT2D eigenvalue weighted by Gasteiger charge is -2.26. The van der Waals surface area contributed by atoms with E-state index >= 15 is 0 Å². The number of rotatable bonds is 4. The Labute approximate surface area is 130 Å². The first kappa shape index (κ1) is 15.0. The van der Waals surface area contributed by atoms with E-state index < -0.39 is 0 Å². The third-order valence-corrected chi connectivity index (χ3v) is 4.41. The van der Waals surface area contributed by atoms with Gasteiger partial charge in [-0.05, 0) is 32.9 Å². The number of hydrogen-bond donors (Lipinski definition) is 1. The van der Waals surface area contributed by atoms with Crippen LogP contribution in [0.2, 0.25) is 0 Å². The Morgan fingerprint density at radius 2 is 2.05 bits per heavy atom. The number of nitrogens with zero attached hydrogens (tertiary/aromatic N) is 4. The number of fused-ring (bicyclic) bond motifs is 1. The van der Waals surface area contributed by atoms with Crippen molar-refractivity contribution in [2.75, 3.05) is 13.1 Å². The normalized spacial score (nSPS) is 18.0. The molecule has 3 rings (SSSR count). The van der Waals surface area contributed by atoms with Crippen molar-refractivity contribution in [1.29, 1.82) is 0 Å². The Balaban J connectivity index is 1.59. The summed E-state index contributed by atoms with van der Waals surface area (Å²) in [5, 5.41) is 3.03. The summed E-state index contributed by atoms with van der Waals surface area (Å²) in [6.07, 6.45) is 12.0. The molecule has 0 bridgehead atoms. The van der Waals surface area contributed by atoms with Crippen LogP contribution in [0.5, 0.6) is 0 Å². The minimum atomic E-state index is -0.0704. The molecule has 3 heterocycles. The molecule has 6 nitrogen and oxygen atoms in total. The number of aromatic nitrogens is 3. The highest BCUT2D eigenvalue weighted by atomic mass is 16.2. The van der Waals surface area contributed by atoms with Crippen molar-refractivity contribution in [1.82, 2.24) is 24.6 Å². The SMILES string of the molecule is CC(C(=O)NCc1cnc2cnccn12)N1CCCCCC1. The molecular weight excluding hydrogens is 278 g/mol. The maximum atomic E-state index is 12.4. The lowest BCUT2D eigenvalue weighted by Crippen LogP contribution is -2.45. The lowest BCUT2D eigenvalue weighted by atomic mass is 10.2. The number of carbonyl (C=O) groups is 1. The molecule has 0 aliphatic carbocycles. The molecule has 0 radical (unpaired) electrons. The molecule has 2 aromatic heterocycles. The Morgan fingerprint density at radius 3 is 2.82 bits per heavy atom. The number of imidazole rings is 1. The Morgan fingerprint density at radius 1 is 1.27 bits per heavy atom. The zero-order valence-electron chi connectivity index (χ0n) is 13.0. The van der Waals surface area contributed by atoms with E-state index in [2.05, 4.69) is 20.2 Å². The molecule has 1 aliphatic rings. The van der Waals surface area contributed by atoms with Gasteiger partial charge in [-0.25, -0.2) is 4.98 Å². The summed E-state index contributed by atoms with van der Waals surface area (Å²) in [7, 11) is 0. The summed E-state index contributed by atoms with van der Waals surface area (Å²) in [6.45, 7) is 4.53. The van der Waals surface area contributed by atoms with E-state index in [-0.39, 0.29) is 11.9 Å². The molecule has 0 saturated carbocycles. The quantitative estimate of drug-likeness (QED) is 0.932. The van der Waals surface area contributed by atoms with Gasteiger partial charge in [0.15, 0.2) is 5.65 Å². The average Bonchev–Trinajstić information content (AvgIpc) is 2.77. The Bertz CT molecular complexity index is 630. The molecule has 1 unspecified atom stereocenters. The summed E-state index contributed by atoms with van der Waals surface area (Å²) >= 11 is 0. The van der Waals surface area contributed by atoms with Crippen LogP contribution in [0.3, 0.4) is 0 Å². The first-order valence-corrected chi connectivity index (χ1v) is 8.03. The number of amides is 1.